The maximum Gasteiger partial charge on any atom is 0.237 e. The summed E-state index contributed by atoms with van der Waals surface area (Å²) in [6.45, 7) is 8.74. The fraction of sp³-hybridized carbons (Fsp3) is 0.727. The predicted octanol–water partition coefficient (Wildman–Crippen LogP) is 0.444. The molecule has 0 aromatic rings. The highest BCUT2D eigenvalue weighted by molar-refractivity contribution is 5.81. The molecule has 15 heavy (non-hydrogen) atoms. The molecule has 0 aromatic heterocycles. The van der Waals surface area contributed by atoms with Crippen LogP contribution in [0.2, 0.25) is 0 Å². The summed E-state index contributed by atoms with van der Waals surface area (Å²) in [6.07, 6.45) is 2.84. The van der Waals surface area contributed by atoms with Gasteiger partial charge in [-0.3, -0.25) is 4.79 Å². The lowest BCUT2D eigenvalue weighted by Crippen LogP contribution is -2.48. The van der Waals surface area contributed by atoms with Gasteiger partial charge in [0.15, 0.2) is 0 Å². The lowest BCUT2D eigenvalue weighted by molar-refractivity contribution is -0.122. The molecule has 0 aliphatic carbocycles. The van der Waals surface area contributed by atoms with Gasteiger partial charge < -0.3 is 15.4 Å². The molecule has 1 fully saturated rings. The number of nitrogens with one attached hydrogen (secondary N) is 2. The van der Waals surface area contributed by atoms with Crippen molar-refractivity contribution in [3.63, 3.8) is 0 Å². The number of ether oxygens (including phenoxy) is 1. The van der Waals surface area contributed by atoms with Gasteiger partial charge in [0, 0.05) is 19.2 Å². The van der Waals surface area contributed by atoms with Crippen molar-refractivity contribution in [2.75, 3.05) is 13.2 Å². The van der Waals surface area contributed by atoms with Gasteiger partial charge in [0.05, 0.1) is 12.1 Å². The second-order valence-corrected chi connectivity index (χ2v) is 3.89. The van der Waals surface area contributed by atoms with Gasteiger partial charge in [0.2, 0.25) is 5.91 Å². The van der Waals surface area contributed by atoms with Crippen molar-refractivity contribution in [2.24, 2.45) is 0 Å². The normalized spacial score (nSPS) is 27.3. The third-order valence-corrected chi connectivity index (χ3v) is 2.65. The molecule has 0 radical (unpaired) electrons. The smallest absolute Gasteiger partial charge is 0.237 e. The van der Waals surface area contributed by atoms with Crippen LogP contribution in [-0.2, 0) is 9.53 Å². The van der Waals surface area contributed by atoms with E-state index in [2.05, 4.69) is 17.2 Å². The SMILES string of the molecule is C=CCNC(=O)C(C)NC1CCOC1C. The molecular weight excluding hydrogens is 192 g/mol. The van der Waals surface area contributed by atoms with Crippen LogP contribution in [0.25, 0.3) is 0 Å². The molecule has 4 heteroatoms. The van der Waals surface area contributed by atoms with E-state index in [0.717, 1.165) is 13.0 Å². The largest absolute Gasteiger partial charge is 0.377 e. The minimum atomic E-state index is -0.181. The number of hydrogen-bond acceptors (Lipinski definition) is 3. The topological polar surface area (TPSA) is 50.4 Å². The standard InChI is InChI=1S/C11H20N2O2/c1-4-6-12-11(14)8(2)13-10-5-7-15-9(10)3/h4,8-10,13H,1,5-7H2,2-3H3,(H,12,14). The van der Waals surface area contributed by atoms with Crippen molar-refractivity contribution in [1.82, 2.24) is 10.6 Å². The number of amides is 1. The van der Waals surface area contributed by atoms with Crippen LogP contribution in [0.15, 0.2) is 12.7 Å². The van der Waals surface area contributed by atoms with Gasteiger partial charge in [0.1, 0.15) is 0 Å². The van der Waals surface area contributed by atoms with Gasteiger partial charge in [-0.05, 0) is 20.3 Å². The van der Waals surface area contributed by atoms with E-state index in [9.17, 15) is 4.79 Å². The van der Waals surface area contributed by atoms with Crippen molar-refractivity contribution in [1.29, 1.82) is 0 Å². The Morgan fingerprint density at radius 3 is 3.00 bits per heavy atom. The van der Waals surface area contributed by atoms with Crippen molar-refractivity contribution in [2.45, 2.75) is 38.5 Å². The zero-order valence-electron chi connectivity index (χ0n) is 9.45. The summed E-state index contributed by atoms with van der Waals surface area (Å²) in [5.41, 5.74) is 0. The van der Waals surface area contributed by atoms with E-state index in [4.69, 9.17) is 4.74 Å². The van der Waals surface area contributed by atoms with Crippen LogP contribution in [-0.4, -0.2) is 37.2 Å². The van der Waals surface area contributed by atoms with E-state index >= 15 is 0 Å². The first-order valence-electron chi connectivity index (χ1n) is 5.41. The highest BCUT2D eigenvalue weighted by atomic mass is 16.5. The molecule has 1 aliphatic rings. The van der Waals surface area contributed by atoms with Gasteiger partial charge in [-0.1, -0.05) is 6.08 Å². The molecule has 86 valence electrons. The molecule has 0 spiro atoms. The van der Waals surface area contributed by atoms with E-state index in [-0.39, 0.29) is 24.1 Å². The van der Waals surface area contributed by atoms with Crippen LogP contribution in [0.5, 0.6) is 0 Å². The van der Waals surface area contributed by atoms with Crippen molar-refractivity contribution in [3.05, 3.63) is 12.7 Å². The molecule has 2 N–H and O–H groups in total. The second-order valence-electron chi connectivity index (χ2n) is 3.89. The Hall–Kier alpha value is -0.870. The fourth-order valence-electron chi connectivity index (χ4n) is 1.67. The van der Waals surface area contributed by atoms with E-state index in [1.54, 1.807) is 6.08 Å². The molecular formula is C11H20N2O2. The Labute approximate surface area is 91.1 Å². The molecule has 0 aromatic carbocycles. The number of carbonyl (C=O) groups excluding carboxylic acids is 1. The molecule has 1 amide bonds. The van der Waals surface area contributed by atoms with Crippen LogP contribution in [0.4, 0.5) is 0 Å². The Morgan fingerprint density at radius 2 is 2.47 bits per heavy atom. The van der Waals surface area contributed by atoms with Gasteiger partial charge >= 0.3 is 0 Å². The zero-order valence-corrected chi connectivity index (χ0v) is 9.45. The minimum absolute atomic E-state index is 0.00833. The third kappa shape index (κ3) is 3.64. The van der Waals surface area contributed by atoms with Crippen LogP contribution in [0.3, 0.4) is 0 Å². The van der Waals surface area contributed by atoms with Gasteiger partial charge in [0.25, 0.3) is 0 Å². The summed E-state index contributed by atoms with van der Waals surface area (Å²) in [7, 11) is 0. The maximum absolute atomic E-state index is 11.5. The van der Waals surface area contributed by atoms with Crippen molar-refractivity contribution < 1.29 is 9.53 Å². The van der Waals surface area contributed by atoms with Crippen molar-refractivity contribution >= 4 is 5.91 Å². The lowest BCUT2D eigenvalue weighted by atomic mass is 10.1. The summed E-state index contributed by atoms with van der Waals surface area (Å²) < 4.78 is 5.42. The van der Waals surface area contributed by atoms with Gasteiger partial charge in [-0.2, -0.15) is 0 Å². The average Bonchev–Trinajstić information content (AvgIpc) is 2.61. The monoisotopic (exact) mass is 212 g/mol. The summed E-state index contributed by atoms with van der Waals surface area (Å²) in [5.74, 6) is 0.00833. The Kier molecular flexibility index (Phi) is 4.78. The molecule has 1 saturated heterocycles. The number of hydrogen-bond donors (Lipinski definition) is 2. The highest BCUT2D eigenvalue weighted by Gasteiger charge is 2.26. The molecule has 0 bridgehead atoms. The Balaban J connectivity index is 2.30. The third-order valence-electron chi connectivity index (χ3n) is 2.65. The Bertz CT molecular complexity index is 231. The number of rotatable bonds is 5. The molecule has 3 unspecified atom stereocenters. The van der Waals surface area contributed by atoms with E-state index in [0.29, 0.717) is 6.54 Å². The van der Waals surface area contributed by atoms with Crippen LogP contribution >= 0.6 is 0 Å². The minimum Gasteiger partial charge on any atom is -0.377 e. The molecule has 1 aliphatic heterocycles. The first-order valence-corrected chi connectivity index (χ1v) is 5.41. The molecule has 1 heterocycles. The van der Waals surface area contributed by atoms with Gasteiger partial charge in [-0.25, -0.2) is 0 Å². The van der Waals surface area contributed by atoms with Crippen LogP contribution < -0.4 is 10.6 Å². The molecule has 3 atom stereocenters. The van der Waals surface area contributed by atoms with Crippen LogP contribution in [0.1, 0.15) is 20.3 Å². The molecule has 1 rings (SSSR count). The lowest BCUT2D eigenvalue weighted by Gasteiger charge is -2.20. The highest BCUT2D eigenvalue weighted by Crippen LogP contribution is 2.12. The summed E-state index contributed by atoms with van der Waals surface area (Å²) >= 11 is 0. The summed E-state index contributed by atoms with van der Waals surface area (Å²) in [6, 6.07) is 0.105. The first kappa shape index (κ1) is 12.2. The predicted molar refractivity (Wildman–Crippen MR) is 59.6 cm³/mol. The van der Waals surface area contributed by atoms with Crippen LogP contribution in [0, 0.1) is 0 Å². The van der Waals surface area contributed by atoms with E-state index < -0.39 is 0 Å². The quantitative estimate of drug-likeness (QED) is 0.650. The average molecular weight is 212 g/mol. The second kappa shape index (κ2) is 5.88. The zero-order chi connectivity index (χ0) is 11.3. The number of carbonyl (C=O) groups is 1. The van der Waals surface area contributed by atoms with E-state index in [1.807, 2.05) is 13.8 Å². The van der Waals surface area contributed by atoms with Crippen molar-refractivity contribution in [3.8, 4) is 0 Å². The van der Waals surface area contributed by atoms with Gasteiger partial charge in [-0.15, -0.1) is 6.58 Å². The maximum atomic E-state index is 11.5. The fourth-order valence-corrected chi connectivity index (χ4v) is 1.67. The molecule has 4 nitrogen and oxygen atoms in total. The summed E-state index contributed by atoms with van der Waals surface area (Å²) in [5, 5.41) is 6.03. The first-order chi connectivity index (χ1) is 7.15. The Morgan fingerprint density at radius 1 is 1.73 bits per heavy atom. The van der Waals surface area contributed by atoms with E-state index in [1.165, 1.54) is 0 Å². The molecule has 0 saturated carbocycles. The summed E-state index contributed by atoms with van der Waals surface area (Å²) in [4.78, 5) is 11.5.